The molecule has 3 N–H and O–H groups in total. The highest BCUT2D eigenvalue weighted by atomic mass is 16.6. The van der Waals surface area contributed by atoms with E-state index in [1.165, 1.54) is 0 Å². The van der Waals surface area contributed by atoms with E-state index in [0.29, 0.717) is 5.56 Å². The SMILES string of the molecule is COc1c(C)cc(C(O)C(O)CCNC(=O)OC(C)(C)C)cc1C. The minimum Gasteiger partial charge on any atom is -0.496 e. The Balaban J connectivity index is 2.59. The molecular weight excluding hydrogens is 310 g/mol. The van der Waals surface area contributed by atoms with E-state index < -0.39 is 23.9 Å². The number of carbonyl (C=O) groups excluding carboxylic acids is 1. The summed E-state index contributed by atoms with van der Waals surface area (Å²) in [5.41, 5.74) is 1.84. The largest absolute Gasteiger partial charge is 0.496 e. The molecule has 1 amide bonds. The molecule has 0 aliphatic heterocycles. The summed E-state index contributed by atoms with van der Waals surface area (Å²) in [6.45, 7) is 9.32. The minimum absolute atomic E-state index is 0.210. The van der Waals surface area contributed by atoms with Gasteiger partial charge in [-0.1, -0.05) is 0 Å². The van der Waals surface area contributed by atoms with Gasteiger partial charge in [0, 0.05) is 6.54 Å². The van der Waals surface area contributed by atoms with Crippen LogP contribution in [0.1, 0.15) is 50.0 Å². The molecular formula is C18H29NO5. The first-order valence-electron chi connectivity index (χ1n) is 8.03. The highest BCUT2D eigenvalue weighted by Crippen LogP contribution is 2.28. The smallest absolute Gasteiger partial charge is 0.407 e. The zero-order chi connectivity index (χ0) is 18.5. The molecule has 1 aromatic carbocycles. The number of carbonyl (C=O) groups is 1. The van der Waals surface area contributed by atoms with Gasteiger partial charge in [0.1, 0.15) is 17.5 Å². The van der Waals surface area contributed by atoms with E-state index in [1.54, 1.807) is 40.0 Å². The van der Waals surface area contributed by atoms with Crippen LogP contribution in [-0.4, -0.2) is 41.7 Å². The summed E-state index contributed by atoms with van der Waals surface area (Å²) in [5, 5.41) is 23.0. The summed E-state index contributed by atoms with van der Waals surface area (Å²) in [6, 6.07) is 3.59. The number of aliphatic hydroxyl groups excluding tert-OH is 2. The zero-order valence-electron chi connectivity index (χ0n) is 15.3. The van der Waals surface area contributed by atoms with E-state index in [4.69, 9.17) is 9.47 Å². The molecule has 0 radical (unpaired) electrons. The van der Waals surface area contributed by atoms with Gasteiger partial charge in [-0.15, -0.1) is 0 Å². The Kier molecular flexibility index (Phi) is 7.05. The molecule has 0 saturated carbocycles. The third-order valence-electron chi connectivity index (χ3n) is 3.50. The summed E-state index contributed by atoms with van der Waals surface area (Å²) < 4.78 is 10.4. The average Bonchev–Trinajstić information content (AvgIpc) is 2.44. The number of methoxy groups -OCH3 is 1. The molecule has 6 heteroatoms. The van der Waals surface area contributed by atoms with Crippen molar-refractivity contribution in [2.24, 2.45) is 0 Å². The second-order valence-electron chi connectivity index (χ2n) is 6.92. The van der Waals surface area contributed by atoms with Gasteiger partial charge in [-0.25, -0.2) is 4.79 Å². The second-order valence-corrected chi connectivity index (χ2v) is 6.92. The van der Waals surface area contributed by atoms with Crippen molar-refractivity contribution in [3.63, 3.8) is 0 Å². The number of hydrogen-bond acceptors (Lipinski definition) is 5. The van der Waals surface area contributed by atoms with E-state index in [-0.39, 0.29) is 13.0 Å². The van der Waals surface area contributed by atoms with Crippen molar-refractivity contribution >= 4 is 6.09 Å². The maximum absolute atomic E-state index is 11.5. The van der Waals surface area contributed by atoms with Crippen molar-refractivity contribution in [1.29, 1.82) is 0 Å². The quantitative estimate of drug-likeness (QED) is 0.741. The van der Waals surface area contributed by atoms with Crippen LogP contribution in [0.2, 0.25) is 0 Å². The molecule has 0 bridgehead atoms. The lowest BCUT2D eigenvalue weighted by Gasteiger charge is -2.22. The van der Waals surface area contributed by atoms with Crippen LogP contribution >= 0.6 is 0 Å². The molecule has 0 heterocycles. The monoisotopic (exact) mass is 339 g/mol. The van der Waals surface area contributed by atoms with Crippen molar-refractivity contribution in [2.45, 2.75) is 58.8 Å². The molecule has 2 atom stereocenters. The highest BCUT2D eigenvalue weighted by molar-refractivity contribution is 5.67. The van der Waals surface area contributed by atoms with Crippen LogP contribution in [0.5, 0.6) is 5.75 Å². The van der Waals surface area contributed by atoms with Crippen LogP contribution in [0.3, 0.4) is 0 Å². The molecule has 0 spiro atoms. The first-order valence-corrected chi connectivity index (χ1v) is 8.03. The van der Waals surface area contributed by atoms with Crippen LogP contribution in [0.25, 0.3) is 0 Å². The Morgan fingerprint density at radius 3 is 2.21 bits per heavy atom. The molecule has 1 rings (SSSR count). The van der Waals surface area contributed by atoms with E-state index in [9.17, 15) is 15.0 Å². The predicted molar refractivity (Wildman–Crippen MR) is 92.3 cm³/mol. The fraction of sp³-hybridized carbons (Fsp3) is 0.611. The summed E-state index contributed by atoms with van der Waals surface area (Å²) >= 11 is 0. The fourth-order valence-electron chi connectivity index (χ4n) is 2.49. The zero-order valence-corrected chi connectivity index (χ0v) is 15.3. The lowest BCUT2D eigenvalue weighted by molar-refractivity contribution is 0.0122. The third kappa shape index (κ3) is 6.02. The number of amides is 1. The number of benzene rings is 1. The number of nitrogens with one attached hydrogen (secondary N) is 1. The number of aliphatic hydroxyl groups is 2. The molecule has 1 aromatic rings. The molecule has 0 aliphatic carbocycles. The van der Waals surface area contributed by atoms with Crippen LogP contribution in [-0.2, 0) is 4.74 Å². The van der Waals surface area contributed by atoms with Crippen LogP contribution in [0.4, 0.5) is 4.79 Å². The standard InChI is InChI=1S/C18H29NO5/c1-11-9-13(10-12(2)16(11)23-6)15(21)14(20)7-8-19-17(22)24-18(3,4)5/h9-10,14-15,20-21H,7-8H2,1-6H3,(H,19,22). The van der Waals surface area contributed by atoms with Gasteiger partial charge in [0.25, 0.3) is 0 Å². The van der Waals surface area contributed by atoms with Crippen molar-refractivity contribution in [3.8, 4) is 5.75 Å². The minimum atomic E-state index is -1.03. The van der Waals surface area contributed by atoms with Gasteiger partial charge in [0.2, 0.25) is 0 Å². The molecule has 24 heavy (non-hydrogen) atoms. The first-order chi connectivity index (χ1) is 11.0. The lowest BCUT2D eigenvalue weighted by Crippen LogP contribution is -2.34. The van der Waals surface area contributed by atoms with Crippen molar-refractivity contribution in [3.05, 3.63) is 28.8 Å². The van der Waals surface area contributed by atoms with Crippen LogP contribution in [0, 0.1) is 13.8 Å². The van der Waals surface area contributed by atoms with Crippen molar-refractivity contribution in [1.82, 2.24) is 5.32 Å². The van der Waals surface area contributed by atoms with Gasteiger partial charge in [-0.05, 0) is 69.9 Å². The summed E-state index contributed by atoms with van der Waals surface area (Å²) in [5.74, 6) is 0.770. The van der Waals surface area contributed by atoms with Crippen molar-refractivity contribution < 1.29 is 24.5 Å². The molecule has 0 aliphatic rings. The van der Waals surface area contributed by atoms with Gasteiger partial charge < -0.3 is 25.0 Å². The maximum atomic E-state index is 11.5. The topological polar surface area (TPSA) is 88.0 Å². The molecule has 136 valence electrons. The van der Waals surface area contributed by atoms with E-state index in [1.807, 2.05) is 13.8 Å². The van der Waals surface area contributed by atoms with Crippen molar-refractivity contribution in [2.75, 3.05) is 13.7 Å². The molecule has 6 nitrogen and oxygen atoms in total. The van der Waals surface area contributed by atoms with Gasteiger partial charge in [0.15, 0.2) is 0 Å². The van der Waals surface area contributed by atoms with E-state index >= 15 is 0 Å². The number of alkyl carbamates (subject to hydrolysis) is 1. The van der Waals surface area contributed by atoms with Gasteiger partial charge in [-0.2, -0.15) is 0 Å². The summed E-state index contributed by atoms with van der Waals surface area (Å²) in [7, 11) is 1.60. The third-order valence-corrected chi connectivity index (χ3v) is 3.50. The average molecular weight is 339 g/mol. The highest BCUT2D eigenvalue weighted by Gasteiger charge is 2.21. The lowest BCUT2D eigenvalue weighted by atomic mass is 9.97. The Morgan fingerprint density at radius 1 is 1.21 bits per heavy atom. The summed E-state index contributed by atoms with van der Waals surface area (Å²) in [4.78, 5) is 11.5. The summed E-state index contributed by atoms with van der Waals surface area (Å²) in [6.07, 6.45) is -2.36. The Morgan fingerprint density at radius 2 is 1.75 bits per heavy atom. The van der Waals surface area contributed by atoms with E-state index in [0.717, 1.165) is 16.9 Å². The number of rotatable bonds is 6. The molecule has 0 aromatic heterocycles. The normalized spacial score (nSPS) is 14.0. The number of aryl methyl sites for hydroxylation is 2. The number of ether oxygens (including phenoxy) is 2. The first kappa shape index (κ1) is 20.3. The van der Waals surface area contributed by atoms with Crippen LogP contribution in [0.15, 0.2) is 12.1 Å². The van der Waals surface area contributed by atoms with Gasteiger partial charge in [-0.3, -0.25) is 0 Å². The molecule has 0 fully saturated rings. The Hall–Kier alpha value is -1.79. The maximum Gasteiger partial charge on any atom is 0.407 e. The molecule has 0 saturated heterocycles. The Bertz CT molecular complexity index is 542. The number of hydrogen-bond donors (Lipinski definition) is 3. The second kappa shape index (κ2) is 8.35. The van der Waals surface area contributed by atoms with Crippen LogP contribution < -0.4 is 10.1 Å². The van der Waals surface area contributed by atoms with E-state index in [2.05, 4.69) is 5.32 Å². The Labute approximate surface area is 143 Å². The fourth-order valence-corrected chi connectivity index (χ4v) is 2.49. The predicted octanol–water partition coefficient (Wildman–Crippen LogP) is 2.62. The molecule has 2 unspecified atom stereocenters. The van der Waals surface area contributed by atoms with Gasteiger partial charge >= 0.3 is 6.09 Å². The van der Waals surface area contributed by atoms with Gasteiger partial charge in [0.05, 0.1) is 13.2 Å².